The molecule has 0 bridgehead atoms. The van der Waals surface area contributed by atoms with Crippen LogP contribution in [0.3, 0.4) is 0 Å². The fourth-order valence-electron chi connectivity index (χ4n) is 1.62. The lowest BCUT2D eigenvalue weighted by Gasteiger charge is -2.03. The highest BCUT2D eigenvalue weighted by Gasteiger charge is 2.14. The van der Waals surface area contributed by atoms with E-state index < -0.39 is 20.7 Å². The molecule has 0 spiro atoms. The van der Waals surface area contributed by atoms with Crippen molar-refractivity contribution in [3.63, 3.8) is 0 Å². The molecule has 2 aromatic carbocycles. The lowest BCUT2D eigenvalue weighted by Crippen LogP contribution is -2.18. The van der Waals surface area contributed by atoms with Crippen molar-refractivity contribution in [3.05, 3.63) is 58.1 Å². The molecule has 2 aromatic rings. The van der Waals surface area contributed by atoms with Gasteiger partial charge in [-0.1, -0.05) is 6.07 Å². The van der Waals surface area contributed by atoms with E-state index >= 15 is 0 Å². The molecule has 0 saturated heterocycles. The average Bonchev–Trinajstić information content (AvgIpc) is 2.51. The molecule has 0 saturated carbocycles. The molecule has 0 aliphatic rings. The number of para-hydroxylation sites is 1. The van der Waals surface area contributed by atoms with Crippen LogP contribution in [0.2, 0.25) is 0 Å². The van der Waals surface area contributed by atoms with Crippen LogP contribution in [0.5, 0.6) is 11.5 Å². The Kier molecular flexibility index (Phi) is 4.46. The molecule has 23 heavy (non-hydrogen) atoms. The second-order valence-electron chi connectivity index (χ2n) is 4.32. The van der Waals surface area contributed by atoms with Crippen molar-refractivity contribution >= 4 is 21.9 Å². The van der Waals surface area contributed by atoms with Crippen molar-refractivity contribution in [1.29, 1.82) is 0 Å². The summed E-state index contributed by atoms with van der Waals surface area (Å²) in [6, 6.07) is 8.37. The number of sulfonamides is 1. The van der Waals surface area contributed by atoms with Gasteiger partial charge in [-0.3, -0.25) is 10.1 Å². The second kappa shape index (κ2) is 6.32. The first-order chi connectivity index (χ1) is 10.8. The van der Waals surface area contributed by atoms with E-state index in [-0.39, 0.29) is 21.9 Å². The summed E-state index contributed by atoms with van der Waals surface area (Å²) in [6.45, 7) is 0. The molecule has 9 nitrogen and oxygen atoms in total. The standard InChI is InChI=1S/C13H11N3O6S/c17-12-3-1-2-9(13(12)18)8-14-15-23(21,22)11-6-4-10(5-7-11)16(19)20/h1-8,15,17-18H/b14-8-. The van der Waals surface area contributed by atoms with Gasteiger partial charge in [-0.2, -0.15) is 13.5 Å². The maximum absolute atomic E-state index is 11.9. The summed E-state index contributed by atoms with van der Waals surface area (Å²) in [5.41, 5.74) is -0.131. The topological polar surface area (TPSA) is 142 Å². The number of phenolic OH excluding ortho intramolecular Hbond substituents is 2. The molecule has 0 aliphatic carbocycles. The van der Waals surface area contributed by atoms with Crippen LogP contribution in [0, 0.1) is 10.1 Å². The number of nitrogens with one attached hydrogen (secondary N) is 1. The van der Waals surface area contributed by atoms with Gasteiger partial charge in [0.15, 0.2) is 11.5 Å². The number of nitro groups is 1. The summed E-state index contributed by atoms with van der Waals surface area (Å²) in [5.74, 6) is -0.807. The van der Waals surface area contributed by atoms with Crippen molar-refractivity contribution < 1.29 is 23.6 Å². The molecule has 3 N–H and O–H groups in total. The molecule has 2 rings (SSSR count). The largest absolute Gasteiger partial charge is 0.504 e. The quantitative estimate of drug-likeness (QED) is 0.325. The van der Waals surface area contributed by atoms with Gasteiger partial charge in [0, 0.05) is 17.7 Å². The number of phenols is 2. The first kappa shape index (κ1) is 16.2. The van der Waals surface area contributed by atoms with Crippen molar-refractivity contribution in [2.45, 2.75) is 4.90 Å². The lowest BCUT2D eigenvalue weighted by molar-refractivity contribution is -0.384. The highest BCUT2D eigenvalue weighted by atomic mass is 32.2. The molecule has 0 atom stereocenters. The predicted molar refractivity (Wildman–Crippen MR) is 80.8 cm³/mol. The third-order valence-electron chi connectivity index (χ3n) is 2.78. The number of aromatic hydroxyl groups is 2. The zero-order chi connectivity index (χ0) is 17.0. The van der Waals surface area contributed by atoms with Gasteiger partial charge in [0.1, 0.15) is 0 Å². The minimum absolute atomic E-state index is 0.108. The normalized spacial score (nSPS) is 11.5. The maximum atomic E-state index is 11.9. The Bertz CT molecular complexity index is 862. The number of hydrogen-bond acceptors (Lipinski definition) is 7. The van der Waals surface area contributed by atoms with Crippen molar-refractivity contribution in [1.82, 2.24) is 4.83 Å². The number of rotatable bonds is 5. The number of hydrazone groups is 1. The Morgan fingerprint density at radius 2 is 1.78 bits per heavy atom. The van der Waals surface area contributed by atoms with Gasteiger partial charge < -0.3 is 10.2 Å². The third-order valence-corrected chi connectivity index (χ3v) is 4.02. The molecular formula is C13H11N3O6S. The predicted octanol–water partition coefficient (Wildman–Crippen LogP) is 1.32. The molecule has 0 unspecified atom stereocenters. The fourth-order valence-corrected chi connectivity index (χ4v) is 2.41. The van der Waals surface area contributed by atoms with E-state index in [1.165, 1.54) is 18.2 Å². The van der Waals surface area contributed by atoms with Crippen LogP contribution >= 0.6 is 0 Å². The molecule has 0 heterocycles. The van der Waals surface area contributed by atoms with E-state index in [1.54, 1.807) is 0 Å². The van der Waals surface area contributed by atoms with E-state index in [1.807, 2.05) is 4.83 Å². The monoisotopic (exact) mass is 337 g/mol. The molecule has 0 aliphatic heterocycles. The summed E-state index contributed by atoms with van der Waals surface area (Å²) in [6.07, 6.45) is 1.01. The minimum Gasteiger partial charge on any atom is -0.504 e. The van der Waals surface area contributed by atoms with Crippen LogP contribution < -0.4 is 4.83 Å². The maximum Gasteiger partial charge on any atom is 0.276 e. The average molecular weight is 337 g/mol. The number of nitro benzene ring substituents is 1. The Labute approximate surface area is 130 Å². The zero-order valence-electron chi connectivity index (χ0n) is 11.4. The van der Waals surface area contributed by atoms with Crippen molar-refractivity contribution in [3.8, 4) is 11.5 Å². The van der Waals surface area contributed by atoms with Gasteiger partial charge >= 0.3 is 0 Å². The summed E-state index contributed by atoms with van der Waals surface area (Å²) < 4.78 is 23.9. The number of non-ortho nitro benzene ring substituents is 1. The molecule has 10 heteroatoms. The summed E-state index contributed by atoms with van der Waals surface area (Å²) >= 11 is 0. The highest BCUT2D eigenvalue weighted by Crippen LogP contribution is 2.26. The fraction of sp³-hybridized carbons (Fsp3) is 0. The van der Waals surface area contributed by atoms with E-state index in [2.05, 4.69) is 5.10 Å². The highest BCUT2D eigenvalue weighted by molar-refractivity contribution is 7.89. The Morgan fingerprint density at radius 1 is 1.13 bits per heavy atom. The van der Waals surface area contributed by atoms with Gasteiger partial charge in [-0.15, -0.1) is 0 Å². The van der Waals surface area contributed by atoms with Crippen LogP contribution in [-0.2, 0) is 10.0 Å². The Balaban J connectivity index is 2.16. The van der Waals surface area contributed by atoms with Crippen molar-refractivity contribution in [2.24, 2.45) is 5.10 Å². The Morgan fingerprint density at radius 3 is 2.39 bits per heavy atom. The smallest absolute Gasteiger partial charge is 0.276 e. The van der Waals surface area contributed by atoms with Crippen molar-refractivity contribution in [2.75, 3.05) is 0 Å². The second-order valence-corrected chi connectivity index (χ2v) is 5.98. The van der Waals surface area contributed by atoms with Gasteiger partial charge in [0.25, 0.3) is 15.7 Å². The Hall–Kier alpha value is -3.14. The third kappa shape index (κ3) is 3.74. The summed E-state index contributed by atoms with van der Waals surface area (Å²) in [5, 5.41) is 32.9. The number of nitrogens with zero attached hydrogens (tertiary/aromatic N) is 2. The summed E-state index contributed by atoms with van der Waals surface area (Å²) in [4.78, 5) is 11.6. The van der Waals surface area contributed by atoms with Gasteiger partial charge in [0.2, 0.25) is 0 Å². The molecule has 0 radical (unpaired) electrons. The number of hydrogen-bond donors (Lipinski definition) is 3. The first-order valence-corrected chi connectivity index (χ1v) is 7.60. The van der Waals surface area contributed by atoms with Crippen LogP contribution in [0.15, 0.2) is 52.5 Å². The van der Waals surface area contributed by atoms with E-state index in [0.717, 1.165) is 30.5 Å². The molecule has 0 fully saturated rings. The first-order valence-electron chi connectivity index (χ1n) is 6.11. The number of benzene rings is 2. The van der Waals surface area contributed by atoms with Gasteiger partial charge in [-0.05, 0) is 24.3 Å². The zero-order valence-corrected chi connectivity index (χ0v) is 12.3. The minimum atomic E-state index is -4.01. The lowest BCUT2D eigenvalue weighted by atomic mass is 10.2. The SMILES string of the molecule is O=[N+]([O-])c1ccc(S(=O)(=O)N/N=C\c2cccc(O)c2O)cc1. The van der Waals surface area contributed by atoms with Crippen LogP contribution in [0.1, 0.15) is 5.56 Å². The molecular weight excluding hydrogens is 326 g/mol. The van der Waals surface area contributed by atoms with E-state index in [4.69, 9.17) is 0 Å². The summed E-state index contributed by atoms with van der Waals surface area (Å²) in [7, 11) is -4.01. The van der Waals surface area contributed by atoms with Gasteiger partial charge in [-0.25, -0.2) is 4.83 Å². The molecule has 0 amide bonds. The molecule has 0 aromatic heterocycles. The van der Waals surface area contributed by atoms with Gasteiger partial charge in [0.05, 0.1) is 16.0 Å². The van der Waals surface area contributed by atoms with Crippen LogP contribution in [0.4, 0.5) is 5.69 Å². The van der Waals surface area contributed by atoms with E-state index in [9.17, 15) is 28.7 Å². The van der Waals surface area contributed by atoms with E-state index in [0.29, 0.717) is 0 Å². The van der Waals surface area contributed by atoms with Crippen LogP contribution in [0.25, 0.3) is 0 Å². The van der Waals surface area contributed by atoms with Crippen LogP contribution in [-0.4, -0.2) is 29.8 Å². The molecule has 120 valence electrons.